The molecule has 0 saturated heterocycles. The van der Waals surface area contributed by atoms with Gasteiger partial charge in [0.15, 0.2) is 6.10 Å². The second-order valence-corrected chi connectivity index (χ2v) is 4.27. The summed E-state index contributed by atoms with van der Waals surface area (Å²) in [6.45, 7) is 0. The summed E-state index contributed by atoms with van der Waals surface area (Å²) in [6.07, 6.45) is 3.33. The van der Waals surface area contributed by atoms with E-state index >= 15 is 0 Å². The Kier molecular flexibility index (Phi) is 3.36. The number of anilines is 1. The minimum Gasteiger partial charge on any atom is -0.387 e. The second-order valence-electron chi connectivity index (χ2n) is 4.27. The summed E-state index contributed by atoms with van der Waals surface area (Å²) in [6, 6.07) is 11.3. The van der Waals surface area contributed by atoms with Gasteiger partial charge in [0.2, 0.25) is 5.95 Å². The quantitative estimate of drug-likeness (QED) is 0.922. The smallest absolute Gasteiger partial charge is 0.275 e. The van der Waals surface area contributed by atoms with Gasteiger partial charge in [-0.15, -0.1) is 0 Å². The highest BCUT2D eigenvalue weighted by molar-refractivity contribution is 6.43. The average Bonchev–Trinajstić information content (AvgIpc) is 2.99. The van der Waals surface area contributed by atoms with E-state index in [4.69, 9.17) is 4.84 Å². The molecule has 0 aliphatic carbocycles. The molecule has 0 radical (unpaired) electrons. The van der Waals surface area contributed by atoms with Crippen LogP contribution in [-0.4, -0.2) is 21.6 Å². The molecule has 3 rings (SSSR count). The molecular formula is C14H12N4O2. The lowest BCUT2D eigenvalue weighted by Gasteiger charge is -2.07. The standard InChI is InChI=1S/C14H12N4O2/c19-13(17-14-15-7-4-8-16-14)11-9-12(20-18-11)10-5-2-1-3-6-10/h1-8,12H,9H2,(H,15,16,17,19). The topological polar surface area (TPSA) is 76.5 Å². The molecule has 1 aromatic carbocycles. The van der Waals surface area contributed by atoms with Crippen LogP contribution in [0.4, 0.5) is 5.95 Å². The van der Waals surface area contributed by atoms with Crippen LogP contribution in [0.1, 0.15) is 18.1 Å². The Morgan fingerprint density at radius 2 is 1.90 bits per heavy atom. The first-order valence-electron chi connectivity index (χ1n) is 6.19. The molecule has 2 aromatic rings. The van der Waals surface area contributed by atoms with Crippen LogP contribution in [0.15, 0.2) is 53.9 Å². The maximum absolute atomic E-state index is 12.0. The maximum Gasteiger partial charge on any atom is 0.275 e. The second kappa shape index (κ2) is 5.48. The number of aromatic nitrogens is 2. The number of hydrogen-bond acceptors (Lipinski definition) is 5. The van der Waals surface area contributed by atoms with Crippen molar-refractivity contribution in [2.75, 3.05) is 5.32 Å². The number of nitrogens with one attached hydrogen (secondary N) is 1. The van der Waals surface area contributed by atoms with Crippen LogP contribution in [0.2, 0.25) is 0 Å². The molecule has 0 spiro atoms. The van der Waals surface area contributed by atoms with E-state index in [-0.39, 0.29) is 18.0 Å². The molecule has 1 amide bonds. The molecule has 1 atom stereocenters. The molecule has 1 aliphatic heterocycles. The van der Waals surface area contributed by atoms with Gasteiger partial charge in [-0.1, -0.05) is 35.5 Å². The highest BCUT2D eigenvalue weighted by Gasteiger charge is 2.27. The van der Waals surface area contributed by atoms with Crippen molar-refractivity contribution < 1.29 is 9.63 Å². The minimum absolute atomic E-state index is 0.214. The van der Waals surface area contributed by atoms with E-state index in [0.29, 0.717) is 12.1 Å². The van der Waals surface area contributed by atoms with Crippen LogP contribution in [-0.2, 0) is 9.63 Å². The molecule has 0 saturated carbocycles. The molecule has 6 heteroatoms. The number of carbonyl (C=O) groups is 1. The van der Waals surface area contributed by atoms with Crippen molar-refractivity contribution in [2.24, 2.45) is 5.16 Å². The number of rotatable bonds is 3. The summed E-state index contributed by atoms with van der Waals surface area (Å²) in [7, 11) is 0. The SMILES string of the molecule is O=C(Nc1ncccn1)C1=NOC(c2ccccc2)C1. The van der Waals surface area contributed by atoms with Crippen molar-refractivity contribution in [2.45, 2.75) is 12.5 Å². The van der Waals surface area contributed by atoms with Crippen LogP contribution in [0.25, 0.3) is 0 Å². The third kappa shape index (κ3) is 2.64. The summed E-state index contributed by atoms with van der Waals surface area (Å²) >= 11 is 0. The zero-order valence-electron chi connectivity index (χ0n) is 10.6. The molecule has 6 nitrogen and oxygen atoms in total. The van der Waals surface area contributed by atoms with Crippen molar-refractivity contribution in [3.8, 4) is 0 Å². The lowest BCUT2D eigenvalue weighted by atomic mass is 10.0. The highest BCUT2D eigenvalue weighted by Crippen LogP contribution is 2.27. The Morgan fingerprint density at radius 1 is 1.15 bits per heavy atom. The summed E-state index contributed by atoms with van der Waals surface area (Å²) in [4.78, 5) is 25.1. The summed E-state index contributed by atoms with van der Waals surface area (Å²) in [5.74, 6) is -0.0852. The van der Waals surface area contributed by atoms with Crippen LogP contribution in [0.3, 0.4) is 0 Å². The minimum atomic E-state index is -0.338. The van der Waals surface area contributed by atoms with Crippen LogP contribution in [0, 0.1) is 0 Å². The van der Waals surface area contributed by atoms with E-state index in [2.05, 4.69) is 20.4 Å². The Labute approximate surface area is 115 Å². The normalized spacial score (nSPS) is 17.2. The van der Waals surface area contributed by atoms with Gasteiger partial charge in [0.05, 0.1) is 0 Å². The molecule has 1 N–H and O–H groups in total. The number of hydrogen-bond donors (Lipinski definition) is 1. The molecule has 1 aliphatic rings. The molecule has 0 bridgehead atoms. The number of carbonyl (C=O) groups excluding carboxylic acids is 1. The number of amides is 1. The van der Waals surface area contributed by atoms with E-state index in [9.17, 15) is 4.79 Å². The lowest BCUT2D eigenvalue weighted by molar-refractivity contribution is -0.110. The van der Waals surface area contributed by atoms with Crippen molar-refractivity contribution in [3.05, 3.63) is 54.4 Å². The van der Waals surface area contributed by atoms with Gasteiger partial charge in [0, 0.05) is 18.8 Å². The van der Waals surface area contributed by atoms with Crippen molar-refractivity contribution >= 4 is 17.6 Å². The number of nitrogens with zero attached hydrogens (tertiary/aromatic N) is 3. The first-order chi connectivity index (χ1) is 9.83. The Balaban J connectivity index is 1.64. The molecule has 0 fully saturated rings. The van der Waals surface area contributed by atoms with Gasteiger partial charge in [-0.05, 0) is 11.6 Å². The summed E-state index contributed by atoms with van der Waals surface area (Å²) < 4.78 is 0. The van der Waals surface area contributed by atoms with Crippen molar-refractivity contribution in [3.63, 3.8) is 0 Å². The van der Waals surface area contributed by atoms with Gasteiger partial charge in [0.25, 0.3) is 5.91 Å². The fourth-order valence-corrected chi connectivity index (χ4v) is 1.90. The van der Waals surface area contributed by atoms with Gasteiger partial charge >= 0.3 is 0 Å². The van der Waals surface area contributed by atoms with E-state index in [0.717, 1.165) is 5.56 Å². The van der Waals surface area contributed by atoms with E-state index in [1.54, 1.807) is 18.5 Å². The highest BCUT2D eigenvalue weighted by atomic mass is 16.6. The van der Waals surface area contributed by atoms with Crippen LogP contribution < -0.4 is 5.32 Å². The van der Waals surface area contributed by atoms with E-state index < -0.39 is 0 Å². The maximum atomic E-state index is 12.0. The van der Waals surface area contributed by atoms with Gasteiger partial charge in [0.1, 0.15) is 5.71 Å². The third-order valence-electron chi connectivity index (χ3n) is 2.89. The monoisotopic (exact) mass is 268 g/mol. The Bertz CT molecular complexity index is 628. The fourth-order valence-electron chi connectivity index (χ4n) is 1.90. The van der Waals surface area contributed by atoms with Crippen LogP contribution >= 0.6 is 0 Å². The average molecular weight is 268 g/mol. The largest absolute Gasteiger partial charge is 0.387 e. The van der Waals surface area contributed by atoms with E-state index in [1.165, 1.54) is 0 Å². The van der Waals surface area contributed by atoms with Gasteiger partial charge in [-0.2, -0.15) is 0 Å². The van der Waals surface area contributed by atoms with Gasteiger partial charge in [-0.25, -0.2) is 9.97 Å². The Morgan fingerprint density at radius 3 is 2.65 bits per heavy atom. The zero-order valence-corrected chi connectivity index (χ0v) is 10.6. The molecule has 20 heavy (non-hydrogen) atoms. The van der Waals surface area contributed by atoms with Gasteiger partial charge in [-0.3, -0.25) is 10.1 Å². The van der Waals surface area contributed by atoms with Crippen molar-refractivity contribution in [1.29, 1.82) is 0 Å². The van der Waals surface area contributed by atoms with Gasteiger partial charge < -0.3 is 4.84 Å². The Hall–Kier alpha value is -2.76. The molecule has 100 valence electrons. The van der Waals surface area contributed by atoms with E-state index in [1.807, 2.05) is 30.3 Å². The van der Waals surface area contributed by atoms with Crippen molar-refractivity contribution in [1.82, 2.24) is 9.97 Å². The summed E-state index contributed by atoms with van der Waals surface area (Å²) in [5.41, 5.74) is 1.33. The number of oxime groups is 1. The zero-order chi connectivity index (χ0) is 13.8. The predicted octanol–water partition coefficient (Wildman–Crippen LogP) is 1.93. The lowest BCUT2D eigenvalue weighted by Crippen LogP contribution is -2.23. The fraction of sp³-hybridized carbons (Fsp3) is 0.143. The molecule has 1 aromatic heterocycles. The number of benzene rings is 1. The summed E-state index contributed by atoms with van der Waals surface area (Å²) in [5, 5.41) is 6.42. The molecule has 1 unspecified atom stereocenters. The molecular weight excluding hydrogens is 256 g/mol. The molecule has 2 heterocycles. The predicted molar refractivity (Wildman–Crippen MR) is 73.0 cm³/mol. The third-order valence-corrected chi connectivity index (χ3v) is 2.89. The van der Waals surface area contributed by atoms with Crippen LogP contribution in [0.5, 0.6) is 0 Å². The first kappa shape index (κ1) is 12.3. The first-order valence-corrected chi connectivity index (χ1v) is 6.19.